The third-order valence-electron chi connectivity index (χ3n) is 2.29. The first-order valence-corrected chi connectivity index (χ1v) is 4.80. The van der Waals surface area contributed by atoms with Crippen LogP contribution in [0.4, 0.5) is 0 Å². The number of hydrogen-bond acceptors (Lipinski definition) is 2. The Bertz CT molecular complexity index is 308. The molecule has 0 saturated heterocycles. The van der Waals surface area contributed by atoms with E-state index in [9.17, 15) is 4.91 Å². The largest absolute Gasteiger partial charge is 0.353 e. The molecular weight excluding hydrogens is 220 g/mol. The van der Waals surface area contributed by atoms with Crippen LogP contribution in [-0.2, 0) is 6.42 Å². The molecule has 1 atom stereocenters. The minimum atomic E-state index is -0.128. The highest BCUT2D eigenvalue weighted by Crippen LogP contribution is 2.33. The van der Waals surface area contributed by atoms with Gasteiger partial charge in [0.2, 0.25) is 0 Å². The lowest BCUT2D eigenvalue weighted by molar-refractivity contribution is 0.565. The number of aryl methyl sites for hydroxylation is 1. The van der Waals surface area contributed by atoms with E-state index in [0.29, 0.717) is 0 Å². The molecule has 2 rings (SSSR count). The van der Waals surface area contributed by atoms with E-state index in [1.54, 1.807) is 0 Å². The van der Waals surface area contributed by atoms with E-state index in [0.717, 1.165) is 35.1 Å². The highest BCUT2D eigenvalue weighted by atomic mass is 79.9. The lowest BCUT2D eigenvalue weighted by atomic mass is 9.94. The second kappa shape index (κ2) is 3.01. The molecule has 3 nitrogen and oxygen atoms in total. The van der Waals surface area contributed by atoms with Crippen molar-refractivity contribution in [3.05, 3.63) is 26.8 Å². The first-order chi connectivity index (χ1) is 5.81. The van der Waals surface area contributed by atoms with Crippen LogP contribution >= 0.6 is 15.9 Å². The van der Waals surface area contributed by atoms with Crippen LogP contribution in [0.5, 0.6) is 0 Å². The number of hydrogen-bond donors (Lipinski definition) is 1. The molecule has 0 aliphatic heterocycles. The highest BCUT2D eigenvalue weighted by molar-refractivity contribution is 9.10. The second-order valence-electron chi connectivity index (χ2n) is 3.06. The van der Waals surface area contributed by atoms with E-state index >= 15 is 0 Å². The molecule has 12 heavy (non-hydrogen) atoms. The number of rotatable bonds is 1. The Balaban J connectivity index is 2.43. The summed E-state index contributed by atoms with van der Waals surface area (Å²) in [4.78, 5) is 13.6. The number of aromatic amines is 1. The summed E-state index contributed by atoms with van der Waals surface area (Å²) < 4.78 is 0.947. The summed E-state index contributed by atoms with van der Waals surface area (Å²) in [5, 5.41) is 3.11. The van der Waals surface area contributed by atoms with Gasteiger partial charge in [-0.3, -0.25) is 0 Å². The normalized spacial score (nSPS) is 21.9. The van der Waals surface area contributed by atoms with Crippen LogP contribution < -0.4 is 0 Å². The molecular formula is C8H9BrN2O. The van der Waals surface area contributed by atoms with E-state index in [1.165, 1.54) is 0 Å². The van der Waals surface area contributed by atoms with E-state index in [4.69, 9.17) is 0 Å². The predicted molar refractivity (Wildman–Crippen MR) is 50.0 cm³/mol. The van der Waals surface area contributed by atoms with Crippen LogP contribution in [0.1, 0.15) is 30.1 Å². The number of fused-ring (bicyclic) bond motifs is 1. The molecule has 4 heteroatoms. The van der Waals surface area contributed by atoms with Crippen molar-refractivity contribution < 1.29 is 0 Å². The van der Waals surface area contributed by atoms with Gasteiger partial charge in [-0.05, 0) is 41.3 Å². The number of nitrogens with zero attached hydrogens (tertiary/aromatic N) is 1. The van der Waals surface area contributed by atoms with Gasteiger partial charge in [0.05, 0.1) is 4.60 Å². The maximum atomic E-state index is 10.5. The maximum absolute atomic E-state index is 10.5. The summed E-state index contributed by atoms with van der Waals surface area (Å²) >= 11 is 3.35. The molecule has 0 spiro atoms. The zero-order chi connectivity index (χ0) is 8.55. The van der Waals surface area contributed by atoms with Gasteiger partial charge in [0, 0.05) is 11.3 Å². The van der Waals surface area contributed by atoms with E-state index in [-0.39, 0.29) is 6.04 Å². The molecule has 1 aromatic heterocycles. The number of halogens is 1. The van der Waals surface area contributed by atoms with Crippen molar-refractivity contribution in [2.75, 3.05) is 0 Å². The first-order valence-electron chi connectivity index (χ1n) is 4.01. The van der Waals surface area contributed by atoms with Crippen LogP contribution in [0.2, 0.25) is 0 Å². The Morgan fingerprint density at radius 3 is 3.25 bits per heavy atom. The average molecular weight is 229 g/mol. The Morgan fingerprint density at radius 2 is 2.50 bits per heavy atom. The van der Waals surface area contributed by atoms with Crippen LogP contribution in [0.15, 0.2) is 15.8 Å². The van der Waals surface area contributed by atoms with Gasteiger partial charge >= 0.3 is 0 Å². The Kier molecular flexibility index (Phi) is 2.00. The van der Waals surface area contributed by atoms with Crippen LogP contribution in [0.25, 0.3) is 0 Å². The summed E-state index contributed by atoms with van der Waals surface area (Å²) in [6.07, 6.45) is 2.98. The van der Waals surface area contributed by atoms with Gasteiger partial charge < -0.3 is 4.98 Å². The molecule has 1 aliphatic carbocycles. The molecule has 64 valence electrons. The van der Waals surface area contributed by atoms with Crippen molar-refractivity contribution in [1.29, 1.82) is 0 Å². The molecule has 0 aromatic carbocycles. The van der Waals surface area contributed by atoms with Gasteiger partial charge in [-0.15, -0.1) is 0 Å². The van der Waals surface area contributed by atoms with E-state index in [2.05, 4.69) is 26.1 Å². The summed E-state index contributed by atoms with van der Waals surface area (Å²) in [5.41, 5.74) is 2.24. The highest BCUT2D eigenvalue weighted by Gasteiger charge is 2.22. The SMILES string of the molecule is O=NC1CCCc2[nH]c(Br)cc21. The molecule has 0 bridgehead atoms. The van der Waals surface area contributed by atoms with Crippen molar-refractivity contribution in [3.63, 3.8) is 0 Å². The Labute approximate surface area is 78.7 Å². The lowest BCUT2D eigenvalue weighted by Crippen LogP contribution is -2.05. The summed E-state index contributed by atoms with van der Waals surface area (Å²) in [7, 11) is 0. The van der Waals surface area contributed by atoms with Crippen molar-refractivity contribution in [2.24, 2.45) is 5.18 Å². The molecule has 0 saturated carbocycles. The minimum absolute atomic E-state index is 0.128. The molecule has 0 amide bonds. The summed E-state index contributed by atoms with van der Waals surface area (Å²) in [6.45, 7) is 0. The molecule has 0 radical (unpaired) electrons. The van der Waals surface area contributed by atoms with Gasteiger partial charge in [-0.1, -0.05) is 5.18 Å². The number of aromatic nitrogens is 1. The molecule has 0 fully saturated rings. The topological polar surface area (TPSA) is 45.2 Å². The van der Waals surface area contributed by atoms with Gasteiger partial charge in [-0.25, -0.2) is 0 Å². The zero-order valence-electron chi connectivity index (χ0n) is 6.51. The van der Waals surface area contributed by atoms with Crippen molar-refractivity contribution >= 4 is 15.9 Å². The first kappa shape index (κ1) is 7.98. The quantitative estimate of drug-likeness (QED) is 0.739. The monoisotopic (exact) mass is 228 g/mol. The molecule has 1 aromatic rings. The number of H-pyrrole nitrogens is 1. The van der Waals surface area contributed by atoms with E-state index in [1.807, 2.05) is 6.07 Å². The molecule has 1 unspecified atom stereocenters. The zero-order valence-corrected chi connectivity index (χ0v) is 8.10. The minimum Gasteiger partial charge on any atom is -0.353 e. The van der Waals surface area contributed by atoms with Crippen LogP contribution in [0.3, 0.4) is 0 Å². The number of nitroso groups, excluding NO2 is 1. The van der Waals surface area contributed by atoms with E-state index < -0.39 is 0 Å². The molecule has 1 aliphatic rings. The van der Waals surface area contributed by atoms with Gasteiger partial charge in [-0.2, -0.15) is 4.91 Å². The van der Waals surface area contributed by atoms with Crippen molar-refractivity contribution in [3.8, 4) is 0 Å². The summed E-state index contributed by atoms with van der Waals surface area (Å²) in [6, 6.07) is 1.83. The third-order valence-corrected chi connectivity index (χ3v) is 2.72. The van der Waals surface area contributed by atoms with Crippen molar-refractivity contribution in [1.82, 2.24) is 4.98 Å². The predicted octanol–water partition coefficient (Wildman–Crippen LogP) is 2.92. The van der Waals surface area contributed by atoms with Crippen LogP contribution in [-0.4, -0.2) is 4.98 Å². The fraction of sp³-hybridized carbons (Fsp3) is 0.500. The fourth-order valence-electron chi connectivity index (χ4n) is 1.72. The maximum Gasteiger partial charge on any atom is 0.119 e. The smallest absolute Gasteiger partial charge is 0.119 e. The van der Waals surface area contributed by atoms with Gasteiger partial charge in [0.25, 0.3) is 0 Å². The number of nitrogens with one attached hydrogen (secondary N) is 1. The standard InChI is InChI=1S/C8H9BrN2O/c9-8-4-5-6(10-8)2-1-3-7(5)11-12/h4,7,10H,1-3H2. The van der Waals surface area contributed by atoms with Crippen molar-refractivity contribution in [2.45, 2.75) is 25.3 Å². The Hall–Kier alpha value is -0.640. The second-order valence-corrected chi connectivity index (χ2v) is 3.92. The van der Waals surface area contributed by atoms with Gasteiger partial charge in [0.15, 0.2) is 0 Å². The lowest BCUT2D eigenvalue weighted by Gasteiger charge is -2.15. The Morgan fingerprint density at radius 1 is 1.67 bits per heavy atom. The summed E-state index contributed by atoms with van der Waals surface area (Å²) in [5.74, 6) is 0. The molecule has 1 heterocycles. The molecule has 1 N–H and O–H groups in total. The van der Waals surface area contributed by atoms with Gasteiger partial charge in [0.1, 0.15) is 6.04 Å². The average Bonchev–Trinajstić information content (AvgIpc) is 2.44. The fourth-order valence-corrected chi connectivity index (χ4v) is 2.20. The third kappa shape index (κ3) is 1.20. The van der Waals surface area contributed by atoms with Crippen LogP contribution in [0, 0.1) is 4.91 Å².